The van der Waals surface area contributed by atoms with Crippen LogP contribution >= 0.6 is 0 Å². The largest absolute Gasteiger partial charge is 0.756 e. The molecule has 20 heavy (non-hydrogen) atoms. The SMILES string of the molecule is CN([O-])c1nccn1CC(=O)NCC(F)(F)C(F)(F)F. The third-order valence-electron chi connectivity index (χ3n) is 2.21. The van der Waals surface area contributed by atoms with E-state index < -0.39 is 31.1 Å². The fourth-order valence-electron chi connectivity index (χ4n) is 1.23. The van der Waals surface area contributed by atoms with Gasteiger partial charge in [-0.25, -0.2) is 4.98 Å². The molecule has 0 radical (unpaired) electrons. The van der Waals surface area contributed by atoms with Crippen LogP contribution in [0.15, 0.2) is 12.4 Å². The Bertz CT molecular complexity index is 471. The van der Waals surface area contributed by atoms with Gasteiger partial charge < -0.3 is 20.2 Å². The van der Waals surface area contributed by atoms with Gasteiger partial charge in [-0.2, -0.15) is 22.0 Å². The van der Waals surface area contributed by atoms with Gasteiger partial charge >= 0.3 is 12.1 Å². The van der Waals surface area contributed by atoms with Gasteiger partial charge in [0.15, 0.2) is 5.95 Å². The van der Waals surface area contributed by atoms with E-state index in [0.29, 0.717) is 5.06 Å². The molecular weight excluding hydrogens is 291 g/mol. The molecule has 0 saturated carbocycles. The number of halogens is 5. The third kappa shape index (κ3) is 3.79. The lowest BCUT2D eigenvalue weighted by Gasteiger charge is -2.24. The highest BCUT2D eigenvalue weighted by atomic mass is 19.4. The zero-order chi connectivity index (χ0) is 15.6. The third-order valence-corrected chi connectivity index (χ3v) is 2.21. The fourth-order valence-corrected chi connectivity index (χ4v) is 1.23. The summed E-state index contributed by atoms with van der Waals surface area (Å²) in [4.78, 5) is 14.9. The van der Waals surface area contributed by atoms with Gasteiger partial charge in [-0.15, -0.1) is 0 Å². The monoisotopic (exact) mass is 301 g/mol. The van der Waals surface area contributed by atoms with Crippen LogP contribution in [0, 0.1) is 5.21 Å². The highest BCUT2D eigenvalue weighted by Gasteiger charge is 2.57. The predicted molar refractivity (Wildman–Crippen MR) is 58.0 cm³/mol. The first-order valence-electron chi connectivity index (χ1n) is 5.18. The van der Waals surface area contributed by atoms with Gasteiger partial charge in [0.05, 0.1) is 6.54 Å². The van der Waals surface area contributed by atoms with Crippen molar-refractivity contribution in [3.8, 4) is 0 Å². The smallest absolute Gasteiger partial charge is 0.455 e. The van der Waals surface area contributed by atoms with Crippen LogP contribution in [0.5, 0.6) is 0 Å². The zero-order valence-corrected chi connectivity index (χ0v) is 10.1. The molecule has 0 aliphatic heterocycles. The number of hydrogen-bond donors (Lipinski definition) is 1. The van der Waals surface area contributed by atoms with Gasteiger partial charge in [-0.05, 0) is 7.05 Å². The summed E-state index contributed by atoms with van der Waals surface area (Å²) in [5, 5.41) is 12.8. The van der Waals surface area contributed by atoms with Crippen molar-refractivity contribution < 1.29 is 26.7 Å². The number of carbonyl (C=O) groups is 1. The second-order valence-corrected chi connectivity index (χ2v) is 3.83. The van der Waals surface area contributed by atoms with Crippen molar-refractivity contribution in [3.63, 3.8) is 0 Å². The Morgan fingerprint density at radius 3 is 2.55 bits per heavy atom. The van der Waals surface area contributed by atoms with E-state index in [1.807, 2.05) is 0 Å². The average Bonchev–Trinajstić information content (AvgIpc) is 2.73. The molecule has 0 aliphatic rings. The highest BCUT2D eigenvalue weighted by Crippen LogP contribution is 2.34. The Hall–Kier alpha value is -1.91. The van der Waals surface area contributed by atoms with E-state index >= 15 is 0 Å². The Morgan fingerprint density at radius 2 is 2.05 bits per heavy atom. The van der Waals surface area contributed by atoms with Crippen LogP contribution in [0.3, 0.4) is 0 Å². The summed E-state index contributed by atoms with van der Waals surface area (Å²) in [7, 11) is 1.09. The lowest BCUT2D eigenvalue weighted by Crippen LogP contribution is -2.47. The van der Waals surface area contributed by atoms with Gasteiger partial charge in [-0.3, -0.25) is 4.79 Å². The number of hydroxylamine groups is 1. The number of anilines is 1. The van der Waals surface area contributed by atoms with Gasteiger partial charge in [0, 0.05) is 12.4 Å². The van der Waals surface area contributed by atoms with Crippen molar-refractivity contribution in [1.82, 2.24) is 14.9 Å². The molecule has 1 aromatic heterocycles. The number of nitrogens with zero attached hydrogens (tertiary/aromatic N) is 3. The lowest BCUT2D eigenvalue weighted by atomic mass is 10.3. The summed E-state index contributed by atoms with van der Waals surface area (Å²) >= 11 is 0. The number of aromatic nitrogens is 2. The van der Waals surface area contributed by atoms with Crippen molar-refractivity contribution in [2.24, 2.45) is 0 Å². The summed E-state index contributed by atoms with van der Waals surface area (Å²) in [6.07, 6.45) is -3.35. The van der Waals surface area contributed by atoms with Crippen LogP contribution in [0.4, 0.5) is 27.9 Å². The molecule has 0 atom stereocenters. The minimum absolute atomic E-state index is 0.178. The number of alkyl halides is 5. The van der Waals surface area contributed by atoms with Crippen molar-refractivity contribution >= 4 is 11.9 Å². The van der Waals surface area contributed by atoms with E-state index in [0.717, 1.165) is 11.6 Å². The molecule has 0 fully saturated rings. The summed E-state index contributed by atoms with van der Waals surface area (Å²) in [5.41, 5.74) is 0. The van der Waals surface area contributed by atoms with E-state index in [-0.39, 0.29) is 5.95 Å². The first-order valence-corrected chi connectivity index (χ1v) is 5.18. The first-order chi connectivity index (χ1) is 9.04. The summed E-state index contributed by atoms with van der Waals surface area (Å²) < 4.78 is 61.7. The number of rotatable bonds is 5. The minimum atomic E-state index is -5.74. The highest BCUT2D eigenvalue weighted by molar-refractivity contribution is 5.76. The second-order valence-electron chi connectivity index (χ2n) is 3.83. The van der Waals surface area contributed by atoms with Crippen LogP contribution in [0.1, 0.15) is 0 Å². The van der Waals surface area contributed by atoms with Crippen molar-refractivity contribution in [2.45, 2.75) is 18.6 Å². The standard InChI is InChI=1S/C9H10F5N4O2/c1-17(20)7-15-2-3-18(7)4-6(19)16-5-8(10,11)9(12,13)14/h2-3H,4-5H2,1H3,(H,16,19)/q-1. The van der Waals surface area contributed by atoms with Crippen LogP contribution in [-0.2, 0) is 11.3 Å². The molecular formula is C9H10F5N4O2-. The number of hydrogen-bond acceptors (Lipinski definition) is 4. The molecule has 0 spiro atoms. The molecule has 1 heterocycles. The predicted octanol–water partition coefficient (Wildman–Crippen LogP) is 1.13. The van der Waals surface area contributed by atoms with E-state index in [1.165, 1.54) is 17.7 Å². The summed E-state index contributed by atoms with van der Waals surface area (Å²) in [6, 6.07) is 0. The Balaban J connectivity index is 2.59. The second kappa shape index (κ2) is 5.61. The van der Waals surface area contributed by atoms with E-state index in [2.05, 4.69) is 4.98 Å². The molecule has 0 aromatic carbocycles. The van der Waals surface area contributed by atoms with Gasteiger partial charge in [0.1, 0.15) is 6.54 Å². The number of carbonyl (C=O) groups excluding carboxylic acids is 1. The molecule has 114 valence electrons. The molecule has 6 nitrogen and oxygen atoms in total. The van der Waals surface area contributed by atoms with Gasteiger partial charge in [0.2, 0.25) is 5.91 Å². The molecule has 1 aromatic rings. The topological polar surface area (TPSA) is 73.2 Å². The zero-order valence-electron chi connectivity index (χ0n) is 10.1. The molecule has 1 rings (SSSR count). The molecule has 0 unspecified atom stereocenters. The number of amides is 1. The van der Waals surface area contributed by atoms with E-state index in [9.17, 15) is 32.0 Å². The van der Waals surface area contributed by atoms with Crippen molar-refractivity contribution in [3.05, 3.63) is 17.6 Å². The maximum Gasteiger partial charge on any atom is 0.455 e. The molecule has 0 saturated heterocycles. The Kier molecular flexibility index (Phi) is 4.53. The molecule has 11 heteroatoms. The normalized spacial score (nSPS) is 12.3. The Morgan fingerprint density at radius 1 is 1.45 bits per heavy atom. The molecule has 1 amide bonds. The number of nitrogens with one attached hydrogen (secondary N) is 1. The van der Waals surface area contributed by atoms with Crippen LogP contribution in [0.2, 0.25) is 0 Å². The number of imidazole rings is 1. The lowest BCUT2D eigenvalue weighted by molar-refractivity contribution is -0.278. The first kappa shape index (κ1) is 16.1. The van der Waals surface area contributed by atoms with Crippen LogP contribution in [-0.4, -0.2) is 41.1 Å². The quantitative estimate of drug-likeness (QED) is 0.653. The van der Waals surface area contributed by atoms with E-state index in [1.54, 1.807) is 0 Å². The molecule has 1 N–H and O–H groups in total. The van der Waals surface area contributed by atoms with Gasteiger partial charge in [0.25, 0.3) is 0 Å². The Labute approximate surface area is 109 Å². The van der Waals surface area contributed by atoms with Crippen LogP contribution in [0.25, 0.3) is 0 Å². The average molecular weight is 301 g/mol. The van der Waals surface area contributed by atoms with Crippen LogP contribution < -0.4 is 10.4 Å². The fraction of sp³-hybridized carbons (Fsp3) is 0.556. The van der Waals surface area contributed by atoms with Crippen molar-refractivity contribution in [1.29, 1.82) is 0 Å². The maximum absolute atomic E-state index is 12.6. The van der Waals surface area contributed by atoms with Gasteiger partial charge in [-0.1, -0.05) is 0 Å². The summed E-state index contributed by atoms with van der Waals surface area (Å²) in [6.45, 7) is -2.47. The van der Waals surface area contributed by atoms with Crippen molar-refractivity contribution in [2.75, 3.05) is 18.7 Å². The molecule has 0 bridgehead atoms. The minimum Gasteiger partial charge on any atom is -0.756 e. The van der Waals surface area contributed by atoms with E-state index in [4.69, 9.17) is 0 Å². The summed E-state index contributed by atoms with van der Waals surface area (Å²) in [5.74, 6) is -6.30. The molecule has 0 aliphatic carbocycles. The maximum atomic E-state index is 12.6.